The molecule has 62 valence electrons. The summed E-state index contributed by atoms with van der Waals surface area (Å²) >= 11 is 0. The number of rotatable bonds is 1. The number of hydrogen-bond donors (Lipinski definition) is 2. The van der Waals surface area contributed by atoms with Gasteiger partial charge in [0, 0.05) is 12.6 Å². The van der Waals surface area contributed by atoms with Gasteiger partial charge in [0.15, 0.2) is 0 Å². The Balaban J connectivity index is 2.07. The molecule has 3 atom stereocenters. The van der Waals surface area contributed by atoms with Gasteiger partial charge in [-0.2, -0.15) is 0 Å². The number of alkyl carbamates (subject to hydrolysis) is 1. The van der Waals surface area contributed by atoms with Crippen LogP contribution in [0.3, 0.4) is 0 Å². The van der Waals surface area contributed by atoms with E-state index < -0.39 is 0 Å². The molecule has 2 rings (SSSR count). The molecular formula is C7H12N2O2. The highest BCUT2D eigenvalue weighted by Gasteiger charge is 2.43. The molecule has 0 saturated carbocycles. The number of nitrogens with one attached hydrogen (secondary N) is 2. The molecule has 2 fully saturated rings. The third kappa shape index (κ3) is 0.976. The topological polar surface area (TPSA) is 50.4 Å². The minimum absolute atomic E-state index is 0.0625. The molecule has 2 aliphatic heterocycles. The quantitative estimate of drug-likeness (QED) is 0.555. The Morgan fingerprint density at radius 1 is 1.73 bits per heavy atom. The summed E-state index contributed by atoms with van der Waals surface area (Å²) in [6.07, 6.45) is 0.831. The van der Waals surface area contributed by atoms with Crippen LogP contribution in [0, 0.1) is 0 Å². The van der Waals surface area contributed by atoms with E-state index in [4.69, 9.17) is 4.74 Å². The van der Waals surface area contributed by atoms with Crippen molar-refractivity contribution >= 4 is 6.09 Å². The molecule has 4 nitrogen and oxygen atoms in total. The van der Waals surface area contributed by atoms with Crippen molar-refractivity contribution in [1.29, 1.82) is 0 Å². The first kappa shape index (κ1) is 6.91. The van der Waals surface area contributed by atoms with Gasteiger partial charge in [-0.05, 0) is 6.42 Å². The summed E-state index contributed by atoms with van der Waals surface area (Å²) in [4.78, 5) is 10.8. The Hall–Kier alpha value is -0.770. The Morgan fingerprint density at radius 2 is 2.55 bits per heavy atom. The third-order valence-electron chi connectivity index (χ3n) is 2.40. The first-order chi connectivity index (χ1) is 5.31. The van der Waals surface area contributed by atoms with E-state index >= 15 is 0 Å². The van der Waals surface area contributed by atoms with Crippen LogP contribution in [0.4, 0.5) is 4.79 Å². The minimum Gasteiger partial charge on any atom is -0.443 e. The second-order valence-electron chi connectivity index (χ2n) is 3.04. The molecule has 2 heterocycles. The predicted molar refractivity (Wildman–Crippen MR) is 39.3 cm³/mol. The summed E-state index contributed by atoms with van der Waals surface area (Å²) in [6, 6.07) is 0.596. The molecule has 2 aliphatic rings. The van der Waals surface area contributed by atoms with Crippen molar-refractivity contribution < 1.29 is 9.53 Å². The lowest BCUT2D eigenvalue weighted by Crippen LogP contribution is -2.40. The van der Waals surface area contributed by atoms with E-state index in [0.717, 1.165) is 13.0 Å². The summed E-state index contributed by atoms with van der Waals surface area (Å²) in [6.45, 7) is 2.90. The van der Waals surface area contributed by atoms with E-state index in [1.165, 1.54) is 0 Å². The highest BCUT2D eigenvalue weighted by atomic mass is 16.6. The Labute approximate surface area is 65.3 Å². The molecule has 0 radical (unpaired) electrons. The fraction of sp³-hybridized carbons (Fsp3) is 0.857. The minimum atomic E-state index is -0.264. The summed E-state index contributed by atoms with van der Waals surface area (Å²) < 4.78 is 5.00. The maximum atomic E-state index is 10.8. The van der Waals surface area contributed by atoms with Gasteiger partial charge >= 0.3 is 6.09 Å². The van der Waals surface area contributed by atoms with Crippen LogP contribution in [-0.2, 0) is 4.74 Å². The first-order valence-electron chi connectivity index (χ1n) is 4.02. The molecule has 2 N–H and O–H groups in total. The van der Waals surface area contributed by atoms with E-state index in [2.05, 4.69) is 17.6 Å². The summed E-state index contributed by atoms with van der Waals surface area (Å²) in [5, 5.41) is 6.08. The molecular weight excluding hydrogens is 144 g/mol. The second kappa shape index (κ2) is 2.37. The molecule has 0 aliphatic carbocycles. The zero-order chi connectivity index (χ0) is 7.84. The van der Waals surface area contributed by atoms with Crippen molar-refractivity contribution in [1.82, 2.24) is 10.6 Å². The van der Waals surface area contributed by atoms with Crippen LogP contribution in [0.1, 0.15) is 13.3 Å². The molecule has 0 spiro atoms. The number of carbonyl (C=O) groups is 1. The average Bonchev–Trinajstić information content (AvgIpc) is 2.45. The molecule has 0 aromatic carbocycles. The van der Waals surface area contributed by atoms with Crippen LogP contribution in [0.2, 0.25) is 0 Å². The normalized spacial score (nSPS) is 41.5. The van der Waals surface area contributed by atoms with Gasteiger partial charge in [0.25, 0.3) is 0 Å². The monoisotopic (exact) mass is 156 g/mol. The average molecular weight is 156 g/mol. The number of amides is 1. The van der Waals surface area contributed by atoms with Crippen molar-refractivity contribution in [3.05, 3.63) is 0 Å². The van der Waals surface area contributed by atoms with Crippen LogP contribution < -0.4 is 10.6 Å². The Morgan fingerprint density at radius 3 is 3.27 bits per heavy atom. The maximum absolute atomic E-state index is 10.8. The number of hydrogen-bond acceptors (Lipinski definition) is 3. The van der Waals surface area contributed by atoms with E-state index in [-0.39, 0.29) is 18.2 Å². The van der Waals surface area contributed by atoms with Crippen LogP contribution in [-0.4, -0.2) is 30.8 Å². The van der Waals surface area contributed by atoms with Gasteiger partial charge in [0.1, 0.15) is 6.10 Å². The van der Waals surface area contributed by atoms with Crippen molar-refractivity contribution in [3.63, 3.8) is 0 Å². The van der Waals surface area contributed by atoms with Gasteiger partial charge in [-0.15, -0.1) is 0 Å². The summed E-state index contributed by atoms with van der Waals surface area (Å²) in [5.74, 6) is 0. The number of carbonyl (C=O) groups excluding carboxylic acids is 1. The predicted octanol–water partition coefficient (Wildman–Crippen LogP) is -0.155. The van der Waals surface area contributed by atoms with E-state index in [1.54, 1.807) is 0 Å². The standard InChI is InChI=1S/C7H12N2O2/c1-2-4-6-5(3-8-4)11-7(10)9-6/h4-6,8H,2-3H2,1H3,(H,9,10)/t4?,5-,6-/m1/s1. The molecule has 0 bridgehead atoms. The van der Waals surface area contributed by atoms with Crippen LogP contribution in [0.15, 0.2) is 0 Å². The van der Waals surface area contributed by atoms with Crippen molar-refractivity contribution in [2.24, 2.45) is 0 Å². The molecule has 11 heavy (non-hydrogen) atoms. The fourth-order valence-corrected chi connectivity index (χ4v) is 1.79. The van der Waals surface area contributed by atoms with E-state index in [0.29, 0.717) is 6.04 Å². The van der Waals surface area contributed by atoms with Crippen LogP contribution in [0.25, 0.3) is 0 Å². The largest absolute Gasteiger partial charge is 0.443 e. The third-order valence-corrected chi connectivity index (χ3v) is 2.40. The Kier molecular flexibility index (Phi) is 1.49. The SMILES string of the molecule is CCC1NC[C@H]2OC(=O)N[C@H]12. The lowest BCUT2D eigenvalue weighted by atomic mass is 10.1. The van der Waals surface area contributed by atoms with E-state index in [1.807, 2.05) is 0 Å². The van der Waals surface area contributed by atoms with Gasteiger partial charge < -0.3 is 15.4 Å². The van der Waals surface area contributed by atoms with Gasteiger partial charge in [-0.25, -0.2) is 4.79 Å². The van der Waals surface area contributed by atoms with Gasteiger partial charge in [-0.1, -0.05) is 6.92 Å². The summed E-state index contributed by atoms with van der Waals surface area (Å²) in [5.41, 5.74) is 0. The van der Waals surface area contributed by atoms with Crippen molar-refractivity contribution in [2.45, 2.75) is 31.5 Å². The van der Waals surface area contributed by atoms with Crippen LogP contribution in [0.5, 0.6) is 0 Å². The number of fused-ring (bicyclic) bond motifs is 1. The lowest BCUT2D eigenvalue weighted by molar-refractivity contribution is 0.142. The maximum Gasteiger partial charge on any atom is 0.407 e. The van der Waals surface area contributed by atoms with Crippen LogP contribution >= 0.6 is 0 Å². The molecule has 0 aromatic heterocycles. The number of ether oxygens (including phenoxy) is 1. The summed E-state index contributed by atoms with van der Waals surface area (Å²) in [7, 11) is 0. The van der Waals surface area contributed by atoms with Gasteiger partial charge in [0.2, 0.25) is 0 Å². The van der Waals surface area contributed by atoms with Gasteiger partial charge in [-0.3, -0.25) is 0 Å². The molecule has 1 amide bonds. The fourth-order valence-electron chi connectivity index (χ4n) is 1.79. The van der Waals surface area contributed by atoms with Crippen molar-refractivity contribution in [3.8, 4) is 0 Å². The lowest BCUT2D eigenvalue weighted by Gasteiger charge is -2.13. The second-order valence-corrected chi connectivity index (χ2v) is 3.04. The van der Waals surface area contributed by atoms with E-state index in [9.17, 15) is 4.79 Å². The highest BCUT2D eigenvalue weighted by Crippen LogP contribution is 2.19. The zero-order valence-electron chi connectivity index (χ0n) is 6.46. The molecule has 1 unspecified atom stereocenters. The highest BCUT2D eigenvalue weighted by molar-refractivity contribution is 5.70. The smallest absolute Gasteiger partial charge is 0.407 e. The Bertz CT molecular complexity index is 183. The van der Waals surface area contributed by atoms with Gasteiger partial charge in [0.05, 0.1) is 6.04 Å². The molecule has 0 aromatic rings. The first-order valence-corrected chi connectivity index (χ1v) is 4.02. The molecule has 2 saturated heterocycles. The zero-order valence-corrected chi connectivity index (χ0v) is 6.46. The molecule has 4 heteroatoms. The van der Waals surface area contributed by atoms with Crippen molar-refractivity contribution in [2.75, 3.05) is 6.54 Å².